The number of benzene rings is 2. The van der Waals surface area contributed by atoms with Crippen molar-refractivity contribution in [2.45, 2.75) is 39.5 Å². The molecule has 0 aliphatic rings. The Balaban J connectivity index is 2.00. The van der Waals surface area contributed by atoms with Gasteiger partial charge in [-0.1, -0.05) is 61.5 Å². The number of halogens is 2. The molecule has 0 amide bonds. The first-order valence-corrected chi connectivity index (χ1v) is 10.3. The van der Waals surface area contributed by atoms with Gasteiger partial charge in [-0.05, 0) is 57.1 Å². The maximum absolute atomic E-state index is 12.6. The Kier molecular flexibility index (Phi) is 8.22. The second kappa shape index (κ2) is 10.2. The van der Waals surface area contributed by atoms with Crippen LogP contribution in [0.25, 0.3) is 0 Å². The van der Waals surface area contributed by atoms with Gasteiger partial charge in [-0.2, -0.15) is 0 Å². The molecule has 5 heteroatoms. The standard InChI is InChI=1S/C20H23Cl2O2P/c1-3-4-5-6-12-24-15-10-11-18(14(2)13-15)25-20(23)19-16(21)8-7-9-17(19)22/h7-11,13,25H,3-6,12H2,1-2H3. The van der Waals surface area contributed by atoms with Gasteiger partial charge < -0.3 is 4.74 Å². The summed E-state index contributed by atoms with van der Waals surface area (Å²) in [6.07, 6.45) is 4.73. The van der Waals surface area contributed by atoms with Crippen molar-refractivity contribution in [2.24, 2.45) is 0 Å². The Morgan fingerprint density at radius 2 is 1.80 bits per heavy atom. The van der Waals surface area contributed by atoms with E-state index in [9.17, 15) is 4.79 Å². The highest BCUT2D eigenvalue weighted by molar-refractivity contribution is 7.66. The van der Waals surface area contributed by atoms with Gasteiger partial charge in [-0.15, -0.1) is 0 Å². The van der Waals surface area contributed by atoms with E-state index in [1.54, 1.807) is 18.2 Å². The lowest BCUT2D eigenvalue weighted by Crippen LogP contribution is -2.07. The second-order valence-electron chi connectivity index (χ2n) is 5.94. The summed E-state index contributed by atoms with van der Waals surface area (Å²) in [5.74, 6) is 0.853. The van der Waals surface area contributed by atoms with Crippen LogP contribution in [-0.2, 0) is 0 Å². The van der Waals surface area contributed by atoms with Crippen molar-refractivity contribution < 1.29 is 9.53 Å². The summed E-state index contributed by atoms with van der Waals surface area (Å²) in [5.41, 5.74) is 1.40. The minimum Gasteiger partial charge on any atom is -0.494 e. The molecule has 1 atom stereocenters. The SMILES string of the molecule is CCCCCCOc1ccc(PC(=O)c2c(Cl)cccc2Cl)c(C)c1. The molecule has 0 saturated heterocycles. The van der Waals surface area contributed by atoms with Crippen molar-refractivity contribution in [2.75, 3.05) is 6.61 Å². The van der Waals surface area contributed by atoms with E-state index in [4.69, 9.17) is 27.9 Å². The summed E-state index contributed by atoms with van der Waals surface area (Å²) in [6, 6.07) is 11.0. The average molecular weight is 397 g/mol. The van der Waals surface area contributed by atoms with Crippen LogP contribution in [0.2, 0.25) is 10.0 Å². The van der Waals surface area contributed by atoms with Gasteiger partial charge in [0.15, 0.2) is 5.52 Å². The van der Waals surface area contributed by atoms with Gasteiger partial charge >= 0.3 is 0 Å². The average Bonchev–Trinajstić information content (AvgIpc) is 2.57. The Hall–Kier alpha value is -1.08. The molecule has 0 spiro atoms. The molecule has 0 aromatic heterocycles. The van der Waals surface area contributed by atoms with Crippen LogP contribution in [0.15, 0.2) is 36.4 Å². The molecule has 0 aliphatic carbocycles. The van der Waals surface area contributed by atoms with Crippen LogP contribution in [0.5, 0.6) is 5.75 Å². The predicted molar refractivity (Wildman–Crippen MR) is 110 cm³/mol. The largest absolute Gasteiger partial charge is 0.494 e. The third-order valence-electron chi connectivity index (χ3n) is 3.90. The Morgan fingerprint density at radius 1 is 1.08 bits per heavy atom. The first-order chi connectivity index (χ1) is 12.0. The summed E-state index contributed by atoms with van der Waals surface area (Å²) in [4.78, 5) is 12.6. The number of hydrogen-bond acceptors (Lipinski definition) is 2. The van der Waals surface area contributed by atoms with E-state index >= 15 is 0 Å². The third kappa shape index (κ3) is 5.99. The Labute approximate surface area is 161 Å². The fourth-order valence-corrected chi connectivity index (χ4v) is 4.29. The Morgan fingerprint density at radius 3 is 2.44 bits per heavy atom. The highest BCUT2D eigenvalue weighted by Crippen LogP contribution is 2.31. The number of hydrogen-bond donors (Lipinski definition) is 0. The number of carbonyl (C=O) groups excluding carboxylic acids is 1. The molecule has 0 bridgehead atoms. The van der Waals surface area contributed by atoms with Crippen LogP contribution >= 0.6 is 31.8 Å². The summed E-state index contributed by atoms with van der Waals surface area (Å²) in [6.45, 7) is 4.92. The van der Waals surface area contributed by atoms with Gasteiger partial charge in [-0.3, -0.25) is 4.79 Å². The van der Waals surface area contributed by atoms with Crippen LogP contribution in [0, 0.1) is 6.92 Å². The molecule has 0 heterocycles. The monoisotopic (exact) mass is 396 g/mol. The lowest BCUT2D eigenvalue weighted by atomic mass is 10.2. The molecule has 2 rings (SSSR count). The van der Waals surface area contributed by atoms with Gasteiger partial charge in [0.2, 0.25) is 0 Å². The van der Waals surface area contributed by atoms with Crippen LogP contribution in [-0.4, -0.2) is 12.1 Å². The predicted octanol–water partition coefficient (Wildman–Crippen LogP) is 6.41. The molecular formula is C20H23Cl2O2P. The highest BCUT2D eigenvalue weighted by atomic mass is 35.5. The third-order valence-corrected chi connectivity index (χ3v) is 5.84. The van der Waals surface area contributed by atoms with E-state index in [0.29, 0.717) is 15.6 Å². The molecule has 25 heavy (non-hydrogen) atoms. The van der Waals surface area contributed by atoms with Crippen LogP contribution in [0.3, 0.4) is 0 Å². The lowest BCUT2D eigenvalue weighted by molar-refractivity contribution is 0.108. The van der Waals surface area contributed by atoms with Crippen molar-refractivity contribution in [3.05, 3.63) is 57.6 Å². The number of rotatable bonds is 9. The number of unbranched alkanes of at least 4 members (excludes halogenated alkanes) is 3. The van der Waals surface area contributed by atoms with Crippen molar-refractivity contribution in [3.8, 4) is 5.75 Å². The number of carbonyl (C=O) groups is 1. The molecule has 2 nitrogen and oxygen atoms in total. The highest BCUT2D eigenvalue weighted by Gasteiger charge is 2.16. The fourth-order valence-electron chi connectivity index (χ4n) is 2.48. The van der Waals surface area contributed by atoms with Gasteiger partial charge in [0.25, 0.3) is 0 Å². The first-order valence-electron chi connectivity index (χ1n) is 8.51. The molecule has 0 fully saturated rings. The molecule has 134 valence electrons. The summed E-state index contributed by atoms with van der Waals surface area (Å²) < 4.78 is 5.79. The molecular weight excluding hydrogens is 374 g/mol. The van der Waals surface area contributed by atoms with Crippen molar-refractivity contribution in [1.29, 1.82) is 0 Å². The number of aryl methyl sites for hydroxylation is 1. The van der Waals surface area contributed by atoms with Crippen molar-refractivity contribution >= 4 is 42.6 Å². The van der Waals surface area contributed by atoms with Gasteiger partial charge in [0, 0.05) is 0 Å². The van der Waals surface area contributed by atoms with Gasteiger partial charge in [-0.25, -0.2) is 0 Å². The van der Waals surface area contributed by atoms with Gasteiger partial charge in [0.1, 0.15) is 5.75 Å². The van der Waals surface area contributed by atoms with Crippen LogP contribution in [0.4, 0.5) is 0 Å². The summed E-state index contributed by atoms with van der Waals surface area (Å²) in [5, 5.41) is 1.78. The minimum absolute atomic E-state index is 0.0174. The smallest absolute Gasteiger partial charge is 0.188 e. The minimum atomic E-state index is -0.0491. The zero-order valence-corrected chi connectivity index (χ0v) is 17.1. The zero-order chi connectivity index (χ0) is 18.2. The van der Waals surface area contributed by atoms with Crippen LogP contribution in [0.1, 0.15) is 48.5 Å². The fraction of sp³-hybridized carbons (Fsp3) is 0.350. The van der Waals surface area contributed by atoms with E-state index in [1.165, 1.54) is 19.3 Å². The zero-order valence-electron chi connectivity index (χ0n) is 14.6. The molecule has 0 N–H and O–H groups in total. The number of ether oxygens (including phenoxy) is 1. The van der Waals surface area contributed by atoms with E-state index in [-0.39, 0.29) is 14.1 Å². The molecule has 2 aromatic rings. The topological polar surface area (TPSA) is 26.3 Å². The molecule has 0 saturated carbocycles. The molecule has 0 radical (unpaired) electrons. The molecule has 1 unspecified atom stereocenters. The summed E-state index contributed by atoms with van der Waals surface area (Å²) >= 11 is 12.3. The van der Waals surface area contributed by atoms with E-state index in [2.05, 4.69) is 6.92 Å². The lowest BCUT2D eigenvalue weighted by Gasteiger charge is -2.11. The maximum Gasteiger partial charge on any atom is 0.188 e. The van der Waals surface area contributed by atoms with Crippen LogP contribution < -0.4 is 10.0 Å². The van der Waals surface area contributed by atoms with Crippen molar-refractivity contribution in [3.63, 3.8) is 0 Å². The van der Waals surface area contributed by atoms with E-state index in [0.717, 1.165) is 29.6 Å². The van der Waals surface area contributed by atoms with E-state index in [1.807, 2.05) is 25.1 Å². The second-order valence-corrected chi connectivity index (χ2v) is 7.99. The normalized spacial score (nSPS) is 11.2. The van der Waals surface area contributed by atoms with Crippen molar-refractivity contribution in [1.82, 2.24) is 0 Å². The molecule has 0 aliphatic heterocycles. The maximum atomic E-state index is 12.6. The van der Waals surface area contributed by atoms with Gasteiger partial charge in [0.05, 0.1) is 22.2 Å². The first kappa shape index (κ1) is 20.2. The Bertz CT molecular complexity index is 711. The summed E-state index contributed by atoms with van der Waals surface area (Å²) in [7, 11) is -0.0174. The molecule has 2 aromatic carbocycles. The quantitative estimate of drug-likeness (QED) is 0.361. The van der Waals surface area contributed by atoms with E-state index < -0.39 is 0 Å².